The standard InChI is InChI=1S/C26H23Cl2N5S/c1-16-14-19(17(2)33(16)22-11-7-9-20(27)23(22)28)25-24(21-10-4-6-13-30-21)31-26(34)32(25)15-18-8-3-5-12-29-18/h3-14,24-25H,15H2,1-2H3,(H,31,34)/t24-,25-/m0/s1. The summed E-state index contributed by atoms with van der Waals surface area (Å²) < 4.78 is 2.15. The monoisotopic (exact) mass is 507 g/mol. The van der Waals surface area contributed by atoms with Crippen molar-refractivity contribution >= 4 is 40.5 Å². The molecular weight excluding hydrogens is 485 g/mol. The van der Waals surface area contributed by atoms with Crippen molar-refractivity contribution in [1.82, 2.24) is 24.8 Å². The third kappa shape index (κ3) is 4.06. The molecule has 0 bridgehead atoms. The molecule has 4 aromatic rings. The molecule has 172 valence electrons. The summed E-state index contributed by atoms with van der Waals surface area (Å²) in [6, 6.07) is 19.6. The van der Waals surface area contributed by atoms with Gasteiger partial charge < -0.3 is 14.8 Å². The highest BCUT2D eigenvalue weighted by atomic mass is 35.5. The number of hydrogen-bond acceptors (Lipinski definition) is 3. The Balaban J connectivity index is 1.64. The van der Waals surface area contributed by atoms with Crippen molar-refractivity contribution in [2.75, 3.05) is 0 Å². The van der Waals surface area contributed by atoms with Crippen LogP contribution in [0.3, 0.4) is 0 Å². The van der Waals surface area contributed by atoms with Gasteiger partial charge in [0.05, 0.1) is 45.7 Å². The fourth-order valence-corrected chi connectivity index (χ4v) is 5.39. The van der Waals surface area contributed by atoms with Gasteiger partial charge in [-0.1, -0.05) is 41.4 Å². The van der Waals surface area contributed by atoms with Crippen LogP contribution in [0.2, 0.25) is 10.0 Å². The lowest BCUT2D eigenvalue weighted by molar-refractivity contribution is 0.307. The van der Waals surface area contributed by atoms with Gasteiger partial charge in [0.15, 0.2) is 5.11 Å². The number of nitrogens with zero attached hydrogens (tertiary/aromatic N) is 4. The van der Waals surface area contributed by atoms with Crippen LogP contribution in [0.5, 0.6) is 0 Å². The largest absolute Gasteiger partial charge is 0.352 e. The van der Waals surface area contributed by atoms with Crippen LogP contribution < -0.4 is 5.32 Å². The van der Waals surface area contributed by atoms with Crippen LogP contribution in [0.15, 0.2) is 73.1 Å². The van der Waals surface area contributed by atoms with Gasteiger partial charge in [-0.3, -0.25) is 9.97 Å². The van der Waals surface area contributed by atoms with Gasteiger partial charge in [0.1, 0.15) is 0 Å². The molecule has 34 heavy (non-hydrogen) atoms. The molecule has 5 rings (SSSR count). The zero-order valence-electron chi connectivity index (χ0n) is 18.7. The van der Waals surface area contributed by atoms with Gasteiger partial charge in [-0.25, -0.2) is 0 Å². The summed E-state index contributed by atoms with van der Waals surface area (Å²) in [6.07, 6.45) is 3.62. The lowest BCUT2D eigenvalue weighted by atomic mass is 9.96. The topological polar surface area (TPSA) is 46.0 Å². The molecule has 0 unspecified atom stereocenters. The van der Waals surface area contributed by atoms with Gasteiger partial charge in [0.2, 0.25) is 0 Å². The molecule has 0 amide bonds. The molecule has 0 aliphatic carbocycles. The van der Waals surface area contributed by atoms with Crippen LogP contribution in [0.1, 0.15) is 40.4 Å². The quantitative estimate of drug-likeness (QED) is 0.318. The van der Waals surface area contributed by atoms with E-state index in [1.54, 1.807) is 12.3 Å². The fourth-order valence-electron chi connectivity index (χ4n) is 4.70. The van der Waals surface area contributed by atoms with Crippen LogP contribution in [0.4, 0.5) is 0 Å². The number of benzene rings is 1. The molecule has 0 radical (unpaired) electrons. The Morgan fingerprint density at radius 2 is 1.74 bits per heavy atom. The van der Waals surface area contributed by atoms with E-state index in [9.17, 15) is 0 Å². The predicted octanol–water partition coefficient (Wildman–Crippen LogP) is 6.36. The van der Waals surface area contributed by atoms with E-state index in [1.165, 1.54) is 0 Å². The zero-order valence-corrected chi connectivity index (χ0v) is 21.1. The summed E-state index contributed by atoms with van der Waals surface area (Å²) in [6.45, 7) is 4.77. The SMILES string of the molecule is Cc1cc([C@H]2[C@H](c3ccccn3)NC(=S)N2Cc2ccccn2)c(C)n1-c1cccc(Cl)c1Cl. The van der Waals surface area contributed by atoms with Crippen molar-refractivity contribution in [1.29, 1.82) is 0 Å². The minimum atomic E-state index is -0.110. The van der Waals surface area contributed by atoms with Gasteiger partial charge in [0, 0.05) is 23.8 Å². The lowest BCUT2D eigenvalue weighted by Crippen LogP contribution is -2.29. The van der Waals surface area contributed by atoms with E-state index in [1.807, 2.05) is 54.7 Å². The first-order valence-corrected chi connectivity index (χ1v) is 12.1. The molecule has 2 atom stereocenters. The second-order valence-electron chi connectivity index (χ2n) is 8.31. The summed E-state index contributed by atoms with van der Waals surface area (Å²) in [4.78, 5) is 11.4. The second-order valence-corrected chi connectivity index (χ2v) is 9.48. The van der Waals surface area contributed by atoms with Crippen LogP contribution in [-0.2, 0) is 6.54 Å². The summed E-state index contributed by atoms with van der Waals surface area (Å²) in [5.41, 5.74) is 6.02. The second kappa shape index (κ2) is 9.37. The Morgan fingerprint density at radius 3 is 2.44 bits per heavy atom. The van der Waals surface area contributed by atoms with Gasteiger partial charge in [0.25, 0.3) is 0 Å². The van der Waals surface area contributed by atoms with E-state index in [0.29, 0.717) is 21.7 Å². The maximum absolute atomic E-state index is 6.61. The normalized spacial score (nSPS) is 17.8. The average molecular weight is 508 g/mol. The smallest absolute Gasteiger partial charge is 0.170 e. The number of rotatable bonds is 5. The van der Waals surface area contributed by atoms with E-state index < -0.39 is 0 Å². The Morgan fingerprint density at radius 1 is 0.971 bits per heavy atom. The number of nitrogens with one attached hydrogen (secondary N) is 1. The first-order valence-electron chi connectivity index (χ1n) is 11.0. The molecule has 1 saturated heterocycles. The Bertz CT molecular complexity index is 1340. The molecule has 8 heteroatoms. The molecule has 1 aliphatic heterocycles. The molecule has 1 aromatic carbocycles. The summed E-state index contributed by atoms with van der Waals surface area (Å²) in [5.74, 6) is 0. The van der Waals surface area contributed by atoms with Crippen molar-refractivity contribution in [2.45, 2.75) is 32.5 Å². The molecule has 5 nitrogen and oxygen atoms in total. The first kappa shape index (κ1) is 22.8. The highest BCUT2D eigenvalue weighted by Crippen LogP contribution is 2.42. The van der Waals surface area contributed by atoms with E-state index in [-0.39, 0.29) is 12.1 Å². The third-order valence-corrected chi connectivity index (χ3v) is 7.38. The number of hydrogen-bond donors (Lipinski definition) is 1. The molecule has 0 spiro atoms. The minimum Gasteiger partial charge on any atom is -0.352 e. The molecule has 1 fully saturated rings. The highest BCUT2D eigenvalue weighted by molar-refractivity contribution is 7.80. The molecule has 3 aromatic heterocycles. The molecule has 1 N–H and O–H groups in total. The Kier molecular flexibility index (Phi) is 6.30. The highest BCUT2D eigenvalue weighted by Gasteiger charge is 2.41. The van der Waals surface area contributed by atoms with E-state index in [4.69, 9.17) is 35.4 Å². The minimum absolute atomic E-state index is 0.0812. The van der Waals surface area contributed by atoms with Crippen molar-refractivity contribution < 1.29 is 0 Å². The van der Waals surface area contributed by atoms with Gasteiger partial charge in [-0.15, -0.1) is 0 Å². The maximum atomic E-state index is 6.61. The van der Waals surface area contributed by atoms with Gasteiger partial charge in [-0.05, 0) is 74.1 Å². The molecule has 4 heterocycles. The number of halogens is 2. The Labute approximate surface area is 214 Å². The van der Waals surface area contributed by atoms with Crippen LogP contribution in [0.25, 0.3) is 5.69 Å². The summed E-state index contributed by atoms with van der Waals surface area (Å²) in [7, 11) is 0. The van der Waals surface area contributed by atoms with E-state index in [2.05, 4.69) is 44.7 Å². The molecule has 1 aliphatic rings. The number of thiocarbonyl (C=S) groups is 1. The van der Waals surface area contributed by atoms with Crippen LogP contribution >= 0.6 is 35.4 Å². The first-order chi connectivity index (χ1) is 16.5. The average Bonchev–Trinajstić information content (AvgIpc) is 3.32. The summed E-state index contributed by atoms with van der Waals surface area (Å²) >= 11 is 18.8. The predicted molar refractivity (Wildman–Crippen MR) is 140 cm³/mol. The molecule has 0 saturated carbocycles. The molecular formula is C26H23Cl2N5S. The van der Waals surface area contributed by atoms with Crippen LogP contribution in [0, 0.1) is 13.8 Å². The van der Waals surface area contributed by atoms with Gasteiger partial charge in [-0.2, -0.15) is 0 Å². The Hall–Kier alpha value is -2.93. The number of pyridine rings is 2. The third-order valence-electron chi connectivity index (χ3n) is 6.22. The lowest BCUT2D eigenvalue weighted by Gasteiger charge is -2.28. The van der Waals surface area contributed by atoms with Crippen molar-refractivity contribution in [2.24, 2.45) is 0 Å². The maximum Gasteiger partial charge on any atom is 0.170 e. The van der Waals surface area contributed by atoms with Crippen molar-refractivity contribution in [3.63, 3.8) is 0 Å². The van der Waals surface area contributed by atoms with Crippen molar-refractivity contribution in [3.05, 3.63) is 111 Å². The van der Waals surface area contributed by atoms with Crippen LogP contribution in [-0.4, -0.2) is 24.5 Å². The number of aromatic nitrogens is 3. The zero-order chi connectivity index (χ0) is 23.8. The van der Waals surface area contributed by atoms with Crippen molar-refractivity contribution in [3.8, 4) is 5.69 Å². The van der Waals surface area contributed by atoms with E-state index in [0.717, 1.165) is 34.0 Å². The van der Waals surface area contributed by atoms with Gasteiger partial charge >= 0.3 is 0 Å². The number of aryl methyl sites for hydroxylation is 1. The summed E-state index contributed by atoms with van der Waals surface area (Å²) in [5, 5.41) is 5.25. The van der Waals surface area contributed by atoms with E-state index >= 15 is 0 Å². The fraction of sp³-hybridized carbons (Fsp3) is 0.192.